The van der Waals surface area contributed by atoms with Crippen LogP contribution in [0.5, 0.6) is 5.75 Å². The number of nitrogens with zero attached hydrogens (tertiary/aromatic N) is 6. The van der Waals surface area contributed by atoms with E-state index < -0.39 is 5.82 Å². The van der Waals surface area contributed by atoms with Gasteiger partial charge >= 0.3 is 0 Å². The summed E-state index contributed by atoms with van der Waals surface area (Å²) in [5.41, 5.74) is 3.62. The van der Waals surface area contributed by atoms with Crippen LogP contribution in [0, 0.1) is 15.3 Å². The van der Waals surface area contributed by atoms with Gasteiger partial charge in [-0.2, -0.15) is 0 Å². The molecule has 0 spiro atoms. The molecule has 6 rings (SSSR count). The number of fused-ring (bicyclic) bond motifs is 3. The van der Waals surface area contributed by atoms with E-state index in [2.05, 4.69) is 48.1 Å². The molecule has 1 aromatic carbocycles. The molecule has 4 aromatic heterocycles. The van der Waals surface area contributed by atoms with Crippen LogP contribution in [-0.4, -0.2) is 35.6 Å². The highest BCUT2D eigenvalue weighted by molar-refractivity contribution is 14.1. The highest BCUT2D eigenvalue weighted by Crippen LogP contribution is 2.32. The summed E-state index contributed by atoms with van der Waals surface area (Å²) in [5.74, 6) is 0.453. The number of ether oxygens (including phenoxy) is 1. The number of hydrogen-bond donors (Lipinski definition) is 1. The lowest BCUT2D eigenvalue weighted by atomic mass is 10.0. The average molecular weight is 545 g/mol. The molecule has 160 valence electrons. The minimum Gasteiger partial charge on any atom is -0.493 e. The number of benzene rings is 1. The van der Waals surface area contributed by atoms with Gasteiger partial charge in [-0.1, -0.05) is 0 Å². The third kappa shape index (κ3) is 2.98. The molecule has 0 radical (unpaired) electrons. The molecule has 5 heterocycles. The first-order valence-corrected chi connectivity index (χ1v) is 10.9. The number of rotatable bonds is 4. The summed E-state index contributed by atoms with van der Waals surface area (Å²) in [6.07, 6.45) is 6.82. The number of anilines is 1. The van der Waals surface area contributed by atoms with Gasteiger partial charge in [0.25, 0.3) is 0 Å². The molecule has 1 aliphatic heterocycles. The van der Waals surface area contributed by atoms with Crippen molar-refractivity contribution in [1.82, 2.24) is 29.0 Å². The average Bonchev–Trinajstić information content (AvgIpc) is 3.53. The Bertz CT molecular complexity index is 1510. The van der Waals surface area contributed by atoms with Crippen LogP contribution >= 0.6 is 22.6 Å². The van der Waals surface area contributed by atoms with Gasteiger partial charge in [0.15, 0.2) is 5.65 Å². The molecule has 0 amide bonds. The van der Waals surface area contributed by atoms with Crippen LogP contribution in [0.2, 0.25) is 0 Å². The van der Waals surface area contributed by atoms with E-state index in [1.165, 1.54) is 24.7 Å². The number of imidazole rings is 1. The van der Waals surface area contributed by atoms with Crippen molar-refractivity contribution in [1.29, 1.82) is 0 Å². The lowest BCUT2D eigenvalue weighted by Crippen LogP contribution is -2.10. The van der Waals surface area contributed by atoms with Crippen molar-refractivity contribution in [3.63, 3.8) is 0 Å². The minimum atomic E-state index is -0.404. The molecule has 0 fully saturated rings. The summed E-state index contributed by atoms with van der Waals surface area (Å²) in [4.78, 5) is 8.90. The highest BCUT2D eigenvalue weighted by atomic mass is 127. The molecule has 0 atom stereocenters. The Morgan fingerprint density at radius 2 is 2.00 bits per heavy atom. The second kappa shape index (κ2) is 7.36. The summed E-state index contributed by atoms with van der Waals surface area (Å²) in [6.45, 7) is 0.768. The van der Waals surface area contributed by atoms with E-state index in [1.807, 2.05) is 0 Å². The molecule has 0 unspecified atom stereocenters. The van der Waals surface area contributed by atoms with E-state index in [9.17, 15) is 8.78 Å². The molecule has 32 heavy (non-hydrogen) atoms. The molecule has 1 aliphatic rings. The van der Waals surface area contributed by atoms with Gasteiger partial charge in [0.1, 0.15) is 33.1 Å². The van der Waals surface area contributed by atoms with E-state index in [0.717, 1.165) is 9.26 Å². The zero-order chi connectivity index (χ0) is 21.8. The van der Waals surface area contributed by atoms with E-state index in [4.69, 9.17) is 4.74 Å². The summed E-state index contributed by atoms with van der Waals surface area (Å²) in [7, 11) is 0. The van der Waals surface area contributed by atoms with Crippen LogP contribution in [0.1, 0.15) is 11.1 Å². The first kappa shape index (κ1) is 19.3. The summed E-state index contributed by atoms with van der Waals surface area (Å²) in [6, 6.07) is 4.47. The Balaban J connectivity index is 1.41. The summed E-state index contributed by atoms with van der Waals surface area (Å²) in [5, 5.41) is 11.4. The zero-order valence-electron chi connectivity index (χ0n) is 16.4. The monoisotopic (exact) mass is 545 g/mol. The molecule has 0 saturated carbocycles. The van der Waals surface area contributed by atoms with Crippen molar-refractivity contribution < 1.29 is 13.5 Å². The number of halogens is 3. The third-order valence-corrected chi connectivity index (χ3v) is 6.31. The first-order chi connectivity index (χ1) is 15.6. The largest absolute Gasteiger partial charge is 0.493 e. The second-order valence-electron chi connectivity index (χ2n) is 7.32. The minimum absolute atomic E-state index is 0.223. The molecular weight excluding hydrogens is 531 g/mol. The van der Waals surface area contributed by atoms with Crippen molar-refractivity contribution in [3.05, 3.63) is 69.6 Å². The van der Waals surface area contributed by atoms with Crippen LogP contribution in [0.15, 0.2) is 43.1 Å². The Morgan fingerprint density at radius 1 is 1.09 bits per heavy atom. The van der Waals surface area contributed by atoms with Crippen LogP contribution in [-0.2, 0) is 13.0 Å². The number of hydrogen-bond acceptors (Lipinski definition) is 6. The molecular formula is C21H14F2IN7O. The molecule has 8 nitrogen and oxygen atoms in total. The fraction of sp³-hybridized carbons (Fsp3) is 0.143. The summed E-state index contributed by atoms with van der Waals surface area (Å²) >= 11 is 2.10. The van der Waals surface area contributed by atoms with Gasteiger partial charge in [0, 0.05) is 47.6 Å². The first-order valence-electron chi connectivity index (χ1n) is 9.78. The van der Waals surface area contributed by atoms with Gasteiger partial charge in [0.2, 0.25) is 5.95 Å². The summed E-state index contributed by atoms with van der Waals surface area (Å²) < 4.78 is 38.5. The van der Waals surface area contributed by atoms with Crippen LogP contribution < -0.4 is 10.1 Å². The van der Waals surface area contributed by atoms with Gasteiger partial charge < -0.3 is 10.1 Å². The van der Waals surface area contributed by atoms with Crippen LogP contribution in [0.3, 0.4) is 0 Å². The Labute approximate surface area is 193 Å². The SMILES string of the molecule is Fc1cc(-c2cnc(NCc3c(F)ccc4c3CCO4)n3cnnc23)c2ncc(I)n2c1. The molecule has 5 aromatic rings. The van der Waals surface area contributed by atoms with Gasteiger partial charge in [-0.05, 0) is 40.8 Å². The molecule has 0 saturated heterocycles. The fourth-order valence-corrected chi connectivity index (χ4v) is 4.54. The highest BCUT2D eigenvalue weighted by Gasteiger charge is 2.21. The van der Waals surface area contributed by atoms with Crippen LogP contribution in [0.25, 0.3) is 22.4 Å². The fourth-order valence-electron chi connectivity index (χ4n) is 4.04. The Kier molecular flexibility index (Phi) is 4.45. The van der Waals surface area contributed by atoms with Crippen molar-refractivity contribution in [2.75, 3.05) is 11.9 Å². The molecule has 0 bridgehead atoms. The lowest BCUT2D eigenvalue weighted by Gasteiger charge is -2.13. The standard InChI is InChI=1S/C21H14F2IN7O/c22-11-5-13(19-25-8-18(24)30(19)9-11)15-7-27-21(31-10-28-29-20(15)31)26-6-14-12-3-4-32-17(12)2-1-16(14)23/h1-2,5,7-10H,3-4,6H2,(H,26,27). The van der Waals surface area contributed by atoms with Gasteiger partial charge in [0.05, 0.1) is 12.8 Å². The smallest absolute Gasteiger partial charge is 0.210 e. The maximum absolute atomic E-state index is 14.5. The Hall–Kier alpha value is -3.35. The van der Waals surface area contributed by atoms with E-state index in [1.54, 1.807) is 27.3 Å². The predicted molar refractivity (Wildman–Crippen MR) is 121 cm³/mol. The molecule has 0 aliphatic carbocycles. The predicted octanol–water partition coefficient (Wildman–Crippen LogP) is 3.87. The van der Waals surface area contributed by atoms with Gasteiger partial charge in [-0.3, -0.25) is 8.80 Å². The quantitative estimate of drug-likeness (QED) is 0.346. The van der Waals surface area contributed by atoms with Crippen molar-refractivity contribution in [2.24, 2.45) is 0 Å². The normalized spacial score (nSPS) is 13.0. The third-order valence-electron chi connectivity index (χ3n) is 5.51. The maximum Gasteiger partial charge on any atom is 0.210 e. The van der Waals surface area contributed by atoms with E-state index in [-0.39, 0.29) is 12.4 Å². The number of nitrogens with one attached hydrogen (secondary N) is 1. The van der Waals surface area contributed by atoms with Crippen molar-refractivity contribution in [2.45, 2.75) is 13.0 Å². The van der Waals surface area contributed by atoms with E-state index >= 15 is 0 Å². The van der Waals surface area contributed by atoms with Crippen molar-refractivity contribution >= 4 is 39.8 Å². The maximum atomic E-state index is 14.5. The van der Waals surface area contributed by atoms with Gasteiger partial charge in [-0.25, -0.2) is 18.7 Å². The second-order valence-corrected chi connectivity index (χ2v) is 8.43. The lowest BCUT2D eigenvalue weighted by molar-refractivity contribution is 0.356. The number of aromatic nitrogens is 6. The number of pyridine rings is 1. The zero-order valence-corrected chi connectivity index (χ0v) is 18.5. The van der Waals surface area contributed by atoms with Crippen LogP contribution in [0.4, 0.5) is 14.7 Å². The van der Waals surface area contributed by atoms with Gasteiger partial charge in [-0.15, -0.1) is 10.2 Å². The topological polar surface area (TPSA) is 81.6 Å². The molecule has 1 N–H and O–H groups in total. The van der Waals surface area contributed by atoms with E-state index in [0.29, 0.717) is 52.7 Å². The molecule has 11 heteroatoms. The Morgan fingerprint density at radius 3 is 2.91 bits per heavy atom. The van der Waals surface area contributed by atoms with Crippen molar-refractivity contribution in [3.8, 4) is 16.9 Å².